The fourth-order valence-corrected chi connectivity index (χ4v) is 2.00. The maximum atomic E-state index is 13.9. The highest BCUT2D eigenvalue weighted by molar-refractivity contribution is 9.10. The van der Waals surface area contributed by atoms with Gasteiger partial charge in [0.25, 0.3) is 0 Å². The molecule has 0 bridgehead atoms. The Hall–Kier alpha value is -1.20. The molecule has 1 aromatic carbocycles. The second kappa shape index (κ2) is 4.76. The number of hydrogen-bond donors (Lipinski definition) is 2. The Balaban J connectivity index is 2.45. The Kier molecular flexibility index (Phi) is 3.36. The zero-order valence-corrected chi connectivity index (χ0v) is 10.3. The van der Waals surface area contributed by atoms with Gasteiger partial charge >= 0.3 is 0 Å². The van der Waals surface area contributed by atoms with Gasteiger partial charge < -0.3 is 10.3 Å². The molecule has 0 fully saturated rings. The summed E-state index contributed by atoms with van der Waals surface area (Å²) < 4.78 is 14.4. The van der Waals surface area contributed by atoms with Crippen LogP contribution in [0.3, 0.4) is 0 Å². The Morgan fingerprint density at radius 3 is 2.94 bits per heavy atom. The normalized spacial score (nSPS) is 12.7. The minimum Gasteiger partial charge on any atom is -0.347 e. The number of rotatable bonds is 3. The molecule has 0 aliphatic heterocycles. The van der Waals surface area contributed by atoms with Crippen molar-refractivity contribution < 1.29 is 4.39 Å². The van der Waals surface area contributed by atoms with Crippen molar-refractivity contribution >= 4 is 15.9 Å². The predicted octanol–water partition coefficient (Wildman–Crippen LogP) is 2.62. The first kappa shape index (κ1) is 11.3. The summed E-state index contributed by atoms with van der Waals surface area (Å²) in [7, 11) is 1.77. The third kappa shape index (κ3) is 2.01. The molecule has 0 aliphatic rings. The second-order valence-corrected chi connectivity index (χ2v) is 4.19. The lowest BCUT2D eigenvalue weighted by atomic mass is 10.1. The Labute approximate surface area is 101 Å². The van der Waals surface area contributed by atoms with Gasteiger partial charge in [-0.3, -0.25) is 0 Å². The van der Waals surface area contributed by atoms with Crippen LogP contribution in [0.4, 0.5) is 4.39 Å². The molecule has 1 unspecified atom stereocenters. The molecule has 1 atom stereocenters. The lowest BCUT2D eigenvalue weighted by Gasteiger charge is -2.15. The van der Waals surface area contributed by atoms with E-state index in [1.807, 2.05) is 0 Å². The number of H-pyrrole nitrogens is 1. The summed E-state index contributed by atoms with van der Waals surface area (Å²) in [6.45, 7) is 0. The van der Waals surface area contributed by atoms with Gasteiger partial charge in [-0.1, -0.05) is 12.1 Å². The summed E-state index contributed by atoms with van der Waals surface area (Å²) >= 11 is 3.17. The Morgan fingerprint density at radius 2 is 2.31 bits per heavy atom. The average Bonchev–Trinajstić information content (AvgIpc) is 2.79. The summed E-state index contributed by atoms with van der Waals surface area (Å²) in [6, 6.07) is 4.94. The van der Waals surface area contributed by atoms with Crippen LogP contribution in [0.15, 0.2) is 35.1 Å². The smallest absolute Gasteiger partial charge is 0.142 e. The summed E-state index contributed by atoms with van der Waals surface area (Å²) in [5.41, 5.74) is 0.562. The van der Waals surface area contributed by atoms with E-state index in [-0.39, 0.29) is 11.9 Å². The van der Waals surface area contributed by atoms with Crippen LogP contribution in [0.5, 0.6) is 0 Å². The number of imidazole rings is 1. The highest BCUT2D eigenvalue weighted by Gasteiger charge is 2.19. The molecule has 2 N–H and O–H groups in total. The number of nitrogens with zero attached hydrogens (tertiary/aromatic N) is 1. The van der Waals surface area contributed by atoms with Crippen LogP contribution in [-0.2, 0) is 0 Å². The molecule has 5 heteroatoms. The lowest BCUT2D eigenvalue weighted by Crippen LogP contribution is -2.20. The maximum Gasteiger partial charge on any atom is 0.142 e. The summed E-state index contributed by atoms with van der Waals surface area (Å²) in [5, 5.41) is 3.03. The molecule has 0 spiro atoms. The first-order valence-corrected chi connectivity index (χ1v) is 5.63. The SMILES string of the molecule is CNC(c1ncc[nH]1)c1cccc(Br)c1F. The van der Waals surface area contributed by atoms with Gasteiger partial charge in [0.1, 0.15) is 11.6 Å². The predicted molar refractivity (Wildman–Crippen MR) is 63.6 cm³/mol. The van der Waals surface area contributed by atoms with Gasteiger partial charge in [0.15, 0.2) is 0 Å². The van der Waals surface area contributed by atoms with Crippen LogP contribution in [0.2, 0.25) is 0 Å². The molecule has 16 heavy (non-hydrogen) atoms. The first-order chi connectivity index (χ1) is 7.74. The van der Waals surface area contributed by atoms with Crippen LogP contribution in [0, 0.1) is 5.82 Å². The van der Waals surface area contributed by atoms with E-state index in [9.17, 15) is 4.39 Å². The fourth-order valence-electron chi connectivity index (χ4n) is 1.62. The molecule has 1 heterocycles. The minimum absolute atomic E-state index is 0.266. The van der Waals surface area contributed by atoms with Crippen LogP contribution in [0.1, 0.15) is 17.4 Å². The number of aromatic nitrogens is 2. The zero-order chi connectivity index (χ0) is 11.5. The van der Waals surface area contributed by atoms with Gasteiger partial charge in [0.2, 0.25) is 0 Å². The van der Waals surface area contributed by atoms with E-state index in [4.69, 9.17) is 0 Å². The van der Waals surface area contributed by atoms with Crippen LogP contribution in [-0.4, -0.2) is 17.0 Å². The molecule has 2 aromatic rings. The molecule has 0 amide bonds. The first-order valence-electron chi connectivity index (χ1n) is 4.84. The van der Waals surface area contributed by atoms with Crippen molar-refractivity contribution in [2.75, 3.05) is 7.05 Å². The van der Waals surface area contributed by atoms with Gasteiger partial charge in [-0.05, 0) is 29.0 Å². The monoisotopic (exact) mass is 283 g/mol. The minimum atomic E-state index is -0.271. The van der Waals surface area contributed by atoms with Crippen LogP contribution < -0.4 is 5.32 Å². The molecule has 0 aliphatic carbocycles. The molecule has 0 saturated heterocycles. The van der Waals surface area contributed by atoms with E-state index in [0.717, 1.165) is 0 Å². The quantitative estimate of drug-likeness (QED) is 0.909. The average molecular weight is 284 g/mol. The van der Waals surface area contributed by atoms with Crippen molar-refractivity contribution in [3.63, 3.8) is 0 Å². The van der Waals surface area contributed by atoms with E-state index in [2.05, 4.69) is 31.2 Å². The number of nitrogens with one attached hydrogen (secondary N) is 2. The topological polar surface area (TPSA) is 40.7 Å². The standard InChI is InChI=1S/C11H11BrFN3/c1-14-10(11-15-5-6-16-11)7-3-2-4-8(12)9(7)13/h2-6,10,14H,1H3,(H,15,16). The van der Waals surface area contributed by atoms with Gasteiger partial charge in [0.05, 0.1) is 10.5 Å². The van der Waals surface area contributed by atoms with Gasteiger partial charge in [-0.2, -0.15) is 0 Å². The summed E-state index contributed by atoms with van der Waals surface area (Å²) in [5.74, 6) is 0.428. The molecular weight excluding hydrogens is 273 g/mol. The summed E-state index contributed by atoms with van der Waals surface area (Å²) in [4.78, 5) is 7.11. The van der Waals surface area contributed by atoms with Crippen molar-refractivity contribution in [2.24, 2.45) is 0 Å². The maximum absolute atomic E-state index is 13.9. The van der Waals surface area contributed by atoms with Crippen LogP contribution >= 0.6 is 15.9 Å². The molecule has 84 valence electrons. The van der Waals surface area contributed by atoms with E-state index in [1.54, 1.807) is 37.6 Å². The number of halogens is 2. The van der Waals surface area contributed by atoms with Crippen molar-refractivity contribution in [3.05, 3.63) is 52.3 Å². The zero-order valence-electron chi connectivity index (χ0n) is 8.67. The van der Waals surface area contributed by atoms with Crippen molar-refractivity contribution in [1.82, 2.24) is 15.3 Å². The molecule has 0 radical (unpaired) electrons. The summed E-state index contributed by atoms with van der Waals surface area (Å²) in [6.07, 6.45) is 3.37. The third-order valence-electron chi connectivity index (χ3n) is 2.37. The van der Waals surface area contributed by atoms with E-state index in [0.29, 0.717) is 15.9 Å². The second-order valence-electron chi connectivity index (χ2n) is 3.34. The van der Waals surface area contributed by atoms with E-state index < -0.39 is 0 Å². The molecule has 3 nitrogen and oxygen atoms in total. The Bertz CT molecular complexity index is 470. The number of benzene rings is 1. The van der Waals surface area contributed by atoms with Crippen molar-refractivity contribution in [1.29, 1.82) is 0 Å². The lowest BCUT2D eigenvalue weighted by molar-refractivity contribution is 0.561. The molecule has 1 aromatic heterocycles. The number of hydrogen-bond acceptors (Lipinski definition) is 2. The Morgan fingerprint density at radius 1 is 1.50 bits per heavy atom. The van der Waals surface area contributed by atoms with Crippen molar-refractivity contribution in [2.45, 2.75) is 6.04 Å². The van der Waals surface area contributed by atoms with Gasteiger partial charge in [-0.25, -0.2) is 9.37 Å². The van der Waals surface area contributed by atoms with Crippen molar-refractivity contribution in [3.8, 4) is 0 Å². The highest BCUT2D eigenvalue weighted by atomic mass is 79.9. The van der Waals surface area contributed by atoms with E-state index in [1.165, 1.54) is 0 Å². The molecule has 0 saturated carbocycles. The third-order valence-corrected chi connectivity index (χ3v) is 2.99. The van der Waals surface area contributed by atoms with E-state index >= 15 is 0 Å². The highest BCUT2D eigenvalue weighted by Crippen LogP contribution is 2.26. The fraction of sp³-hybridized carbons (Fsp3) is 0.182. The molecule has 2 rings (SSSR count). The van der Waals surface area contributed by atoms with Gasteiger partial charge in [-0.15, -0.1) is 0 Å². The molecular formula is C11H11BrFN3. The largest absolute Gasteiger partial charge is 0.347 e. The number of aromatic amines is 1. The van der Waals surface area contributed by atoms with Crippen LogP contribution in [0.25, 0.3) is 0 Å². The van der Waals surface area contributed by atoms with Gasteiger partial charge in [0, 0.05) is 18.0 Å².